The summed E-state index contributed by atoms with van der Waals surface area (Å²) in [6.07, 6.45) is 1.77. The van der Waals surface area contributed by atoms with E-state index in [-0.39, 0.29) is 0 Å². The lowest BCUT2D eigenvalue weighted by molar-refractivity contribution is 0.410. The molecule has 0 aliphatic rings. The van der Waals surface area contributed by atoms with Crippen molar-refractivity contribution >= 4 is 22.8 Å². The van der Waals surface area contributed by atoms with Gasteiger partial charge in [-0.05, 0) is 13.0 Å². The molecule has 0 aliphatic heterocycles. The molecule has 0 saturated heterocycles. The van der Waals surface area contributed by atoms with Crippen LogP contribution >= 0.6 is 0 Å². The number of methoxy groups -OCH3 is 1. The van der Waals surface area contributed by atoms with Crippen molar-refractivity contribution in [2.75, 3.05) is 24.3 Å². The van der Waals surface area contributed by atoms with E-state index in [0.717, 1.165) is 34.7 Å². The Labute approximate surface area is 134 Å². The molecule has 0 aliphatic carbocycles. The Morgan fingerprint density at radius 2 is 2.00 bits per heavy atom. The number of anilines is 2. The lowest BCUT2D eigenvalue weighted by Crippen LogP contribution is -2.08. The van der Waals surface area contributed by atoms with Gasteiger partial charge < -0.3 is 15.4 Å². The van der Waals surface area contributed by atoms with Crippen molar-refractivity contribution in [3.05, 3.63) is 36.0 Å². The minimum absolute atomic E-state index is 0.589. The van der Waals surface area contributed by atoms with Gasteiger partial charge in [-0.2, -0.15) is 15.1 Å². The van der Waals surface area contributed by atoms with Gasteiger partial charge in [0.1, 0.15) is 11.6 Å². The van der Waals surface area contributed by atoms with Crippen LogP contribution in [0.15, 0.2) is 30.5 Å². The van der Waals surface area contributed by atoms with Crippen molar-refractivity contribution in [3.8, 4) is 5.75 Å². The second-order valence-electron chi connectivity index (χ2n) is 5.10. The van der Waals surface area contributed by atoms with E-state index in [9.17, 15) is 0 Å². The maximum atomic E-state index is 5.39. The summed E-state index contributed by atoms with van der Waals surface area (Å²) in [5.41, 5.74) is 1.86. The predicted molar refractivity (Wildman–Crippen MR) is 90.8 cm³/mol. The van der Waals surface area contributed by atoms with Crippen LogP contribution in [0.5, 0.6) is 5.75 Å². The summed E-state index contributed by atoms with van der Waals surface area (Å²) in [6.45, 7) is 3.38. The van der Waals surface area contributed by atoms with Crippen molar-refractivity contribution in [3.63, 3.8) is 0 Å². The molecule has 0 amide bonds. The number of hydrogen-bond donors (Lipinski definition) is 2. The molecule has 7 nitrogen and oxygen atoms in total. The Hall–Kier alpha value is -2.83. The summed E-state index contributed by atoms with van der Waals surface area (Å²) in [6, 6.07) is 7.91. The molecule has 3 rings (SSSR count). The van der Waals surface area contributed by atoms with Gasteiger partial charge >= 0.3 is 0 Å². The first-order chi connectivity index (χ1) is 11.2. The Bertz CT molecular complexity index is 813. The van der Waals surface area contributed by atoms with Gasteiger partial charge in [-0.1, -0.05) is 18.2 Å². The fraction of sp³-hybridized carbons (Fsp3) is 0.312. The van der Waals surface area contributed by atoms with E-state index in [1.807, 2.05) is 38.2 Å². The number of aryl methyl sites for hydroxylation is 1. The first-order valence-corrected chi connectivity index (χ1v) is 7.52. The molecule has 0 fully saturated rings. The Balaban J connectivity index is 1.92. The minimum atomic E-state index is 0.589. The van der Waals surface area contributed by atoms with E-state index >= 15 is 0 Å². The molecule has 23 heavy (non-hydrogen) atoms. The lowest BCUT2D eigenvalue weighted by atomic mass is 10.2. The molecule has 2 heterocycles. The summed E-state index contributed by atoms with van der Waals surface area (Å²) in [5.74, 6) is 2.19. The predicted octanol–water partition coefficient (Wildman–Crippen LogP) is 2.42. The molecular formula is C16H20N6O. The molecule has 2 aromatic heterocycles. The average Bonchev–Trinajstić information content (AvgIpc) is 2.95. The van der Waals surface area contributed by atoms with E-state index in [4.69, 9.17) is 4.74 Å². The zero-order valence-corrected chi connectivity index (χ0v) is 13.5. The third kappa shape index (κ3) is 3.03. The summed E-state index contributed by atoms with van der Waals surface area (Å²) in [4.78, 5) is 9.03. The Morgan fingerprint density at radius 3 is 2.78 bits per heavy atom. The monoisotopic (exact) mass is 312 g/mol. The summed E-state index contributed by atoms with van der Waals surface area (Å²) < 4.78 is 7.13. The molecule has 3 aromatic rings. The second-order valence-corrected chi connectivity index (χ2v) is 5.10. The van der Waals surface area contributed by atoms with E-state index in [1.54, 1.807) is 18.0 Å². The minimum Gasteiger partial charge on any atom is -0.496 e. The molecule has 0 unspecified atom stereocenters. The normalized spacial score (nSPS) is 10.7. The summed E-state index contributed by atoms with van der Waals surface area (Å²) in [5, 5.41) is 11.7. The van der Waals surface area contributed by atoms with Gasteiger partial charge in [0.2, 0.25) is 5.95 Å². The zero-order chi connectivity index (χ0) is 16.2. The first-order valence-electron chi connectivity index (χ1n) is 7.52. The number of para-hydroxylation sites is 1. The van der Waals surface area contributed by atoms with Crippen molar-refractivity contribution in [2.45, 2.75) is 13.5 Å². The topological polar surface area (TPSA) is 76.9 Å². The number of aromatic nitrogens is 4. The number of nitrogens with one attached hydrogen (secondary N) is 2. The number of fused-ring (bicyclic) bond motifs is 1. The van der Waals surface area contributed by atoms with Crippen LogP contribution in [0.3, 0.4) is 0 Å². The SMILES string of the molecule is CCNc1nc(NCc2ccccc2OC)c2cnn(C)c2n1. The van der Waals surface area contributed by atoms with Crippen molar-refractivity contribution in [1.82, 2.24) is 19.7 Å². The number of rotatable bonds is 6. The van der Waals surface area contributed by atoms with E-state index in [2.05, 4.69) is 25.7 Å². The quantitative estimate of drug-likeness (QED) is 0.728. The Morgan fingerprint density at radius 1 is 1.17 bits per heavy atom. The molecule has 120 valence electrons. The highest BCUT2D eigenvalue weighted by Crippen LogP contribution is 2.24. The van der Waals surface area contributed by atoms with Crippen molar-refractivity contribution in [2.24, 2.45) is 7.05 Å². The maximum Gasteiger partial charge on any atom is 0.226 e. The molecule has 0 atom stereocenters. The smallest absolute Gasteiger partial charge is 0.226 e. The van der Waals surface area contributed by atoms with Crippen LogP contribution in [-0.4, -0.2) is 33.4 Å². The molecule has 0 bridgehead atoms. The van der Waals surface area contributed by atoms with Gasteiger partial charge in [-0.25, -0.2) is 0 Å². The van der Waals surface area contributed by atoms with E-state index in [0.29, 0.717) is 12.5 Å². The highest BCUT2D eigenvalue weighted by atomic mass is 16.5. The van der Waals surface area contributed by atoms with Gasteiger partial charge in [-0.3, -0.25) is 4.68 Å². The summed E-state index contributed by atoms with van der Waals surface area (Å²) >= 11 is 0. The molecule has 7 heteroatoms. The van der Waals surface area contributed by atoms with E-state index in [1.165, 1.54) is 0 Å². The number of hydrogen-bond acceptors (Lipinski definition) is 6. The van der Waals surface area contributed by atoms with Crippen LogP contribution in [0, 0.1) is 0 Å². The number of benzene rings is 1. The van der Waals surface area contributed by atoms with Crippen LogP contribution in [0.4, 0.5) is 11.8 Å². The van der Waals surface area contributed by atoms with Crippen LogP contribution in [0.2, 0.25) is 0 Å². The van der Waals surface area contributed by atoms with Gasteiger partial charge in [-0.15, -0.1) is 0 Å². The molecule has 1 aromatic carbocycles. The van der Waals surface area contributed by atoms with Crippen LogP contribution in [-0.2, 0) is 13.6 Å². The maximum absolute atomic E-state index is 5.39. The second kappa shape index (κ2) is 6.51. The van der Waals surface area contributed by atoms with Crippen LogP contribution < -0.4 is 15.4 Å². The van der Waals surface area contributed by atoms with Gasteiger partial charge in [0.05, 0.1) is 18.7 Å². The summed E-state index contributed by atoms with van der Waals surface area (Å²) in [7, 11) is 3.54. The fourth-order valence-corrected chi connectivity index (χ4v) is 2.42. The lowest BCUT2D eigenvalue weighted by Gasteiger charge is -2.11. The largest absolute Gasteiger partial charge is 0.496 e. The third-order valence-electron chi connectivity index (χ3n) is 3.57. The van der Waals surface area contributed by atoms with Crippen LogP contribution in [0.1, 0.15) is 12.5 Å². The van der Waals surface area contributed by atoms with E-state index < -0.39 is 0 Å². The first kappa shape index (κ1) is 15.1. The van der Waals surface area contributed by atoms with Gasteiger partial charge in [0.25, 0.3) is 0 Å². The third-order valence-corrected chi connectivity index (χ3v) is 3.57. The number of nitrogens with zero attached hydrogens (tertiary/aromatic N) is 4. The van der Waals surface area contributed by atoms with Crippen LogP contribution in [0.25, 0.3) is 11.0 Å². The molecule has 0 spiro atoms. The average molecular weight is 312 g/mol. The molecule has 0 radical (unpaired) electrons. The van der Waals surface area contributed by atoms with Crippen molar-refractivity contribution < 1.29 is 4.74 Å². The highest BCUT2D eigenvalue weighted by Gasteiger charge is 2.12. The number of ether oxygens (including phenoxy) is 1. The Kier molecular flexibility index (Phi) is 4.27. The highest BCUT2D eigenvalue weighted by molar-refractivity contribution is 5.87. The van der Waals surface area contributed by atoms with Gasteiger partial charge in [0.15, 0.2) is 5.65 Å². The van der Waals surface area contributed by atoms with Crippen molar-refractivity contribution in [1.29, 1.82) is 0 Å². The zero-order valence-electron chi connectivity index (χ0n) is 13.5. The van der Waals surface area contributed by atoms with Gasteiger partial charge in [0, 0.05) is 25.7 Å². The fourth-order valence-electron chi connectivity index (χ4n) is 2.42. The molecule has 0 saturated carbocycles. The molecular weight excluding hydrogens is 292 g/mol. The standard InChI is InChI=1S/C16H20N6O/c1-4-17-16-20-14(12-10-19-22(2)15(12)21-16)18-9-11-7-5-6-8-13(11)23-3/h5-8,10H,4,9H2,1-3H3,(H2,17,18,20,21). The molecule has 2 N–H and O–H groups in total.